The summed E-state index contributed by atoms with van der Waals surface area (Å²) in [5.74, 6) is 0.774. The van der Waals surface area contributed by atoms with Gasteiger partial charge in [0.1, 0.15) is 0 Å². The molecule has 0 radical (unpaired) electrons. The Morgan fingerprint density at radius 1 is 1.14 bits per heavy atom. The summed E-state index contributed by atoms with van der Waals surface area (Å²) in [6.07, 6.45) is 5.72. The summed E-state index contributed by atoms with van der Waals surface area (Å²) in [7, 11) is 1.93. The lowest BCUT2D eigenvalue weighted by atomic mass is 10.1. The highest BCUT2D eigenvalue weighted by molar-refractivity contribution is 5.33. The van der Waals surface area contributed by atoms with Gasteiger partial charge in [0.15, 0.2) is 0 Å². The molecular weight excluding hydrogens is 352 g/mol. The fraction of sp³-hybridized carbons (Fsp3) is 0.381. The van der Waals surface area contributed by atoms with Crippen molar-refractivity contribution >= 4 is 5.95 Å². The Labute approximate surface area is 164 Å². The minimum Gasteiger partial charge on any atom is -0.339 e. The van der Waals surface area contributed by atoms with Gasteiger partial charge < -0.3 is 10.2 Å². The van der Waals surface area contributed by atoms with Gasteiger partial charge >= 0.3 is 0 Å². The fourth-order valence-corrected chi connectivity index (χ4v) is 3.85. The Balaban J connectivity index is 1.49. The van der Waals surface area contributed by atoms with E-state index in [1.165, 1.54) is 0 Å². The molecule has 1 aliphatic rings. The number of rotatable bonds is 5. The first-order valence-corrected chi connectivity index (χ1v) is 9.73. The predicted molar refractivity (Wildman–Crippen MR) is 110 cm³/mol. The van der Waals surface area contributed by atoms with Crippen LogP contribution >= 0.6 is 0 Å². The number of para-hydroxylation sites is 1. The van der Waals surface area contributed by atoms with Crippen molar-refractivity contribution in [2.75, 3.05) is 18.0 Å². The third kappa shape index (κ3) is 3.57. The van der Waals surface area contributed by atoms with Crippen molar-refractivity contribution in [2.45, 2.75) is 32.4 Å². The van der Waals surface area contributed by atoms with Gasteiger partial charge in [0.05, 0.1) is 11.3 Å². The minimum absolute atomic E-state index is 0.0396. The van der Waals surface area contributed by atoms with Crippen LogP contribution in [0.15, 0.2) is 53.6 Å². The number of nitrogens with one attached hydrogen (secondary N) is 1. The van der Waals surface area contributed by atoms with E-state index >= 15 is 0 Å². The lowest BCUT2D eigenvalue weighted by Gasteiger charge is -2.33. The van der Waals surface area contributed by atoms with Crippen molar-refractivity contribution in [3.05, 3.63) is 70.4 Å². The van der Waals surface area contributed by atoms with E-state index in [0.29, 0.717) is 12.6 Å². The Bertz CT molecular complexity index is 979. The average molecular weight is 378 g/mol. The molecule has 0 amide bonds. The SMILES string of the molecule is Cc1c(CN[C@H]2CCCN(c3ncccn3)C2)c(=O)n(-c2ccccc2)n1C. The third-order valence-electron chi connectivity index (χ3n) is 5.50. The van der Waals surface area contributed by atoms with E-state index in [2.05, 4.69) is 20.2 Å². The predicted octanol–water partition coefficient (Wildman–Crippen LogP) is 2.03. The van der Waals surface area contributed by atoms with E-state index in [1.807, 2.05) is 55.1 Å². The number of benzene rings is 1. The van der Waals surface area contributed by atoms with Crippen LogP contribution in [0.25, 0.3) is 5.69 Å². The van der Waals surface area contributed by atoms with Crippen LogP contribution in [0, 0.1) is 6.92 Å². The number of anilines is 1. The topological polar surface area (TPSA) is 68.0 Å². The van der Waals surface area contributed by atoms with Crippen LogP contribution in [-0.4, -0.2) is 38.5 Å². The normalized spacial score (nSPS) is 17.1. The number of piperidine rings is 1. The lowest BCUT2D eigenvalue weighted by molar-refractivity contribution is 0.417. The summed E-state index contributed by atoms with van der Waals surface area (Å²) in [5.41, 5.74) is 2.73. The van der Waals surface area contributed by atoms with Gasteiger partial charge in [0, 0.05) is 50.8 Å². The second kappa shape index (κ2) is 7.98. The molecule has 0 saturated carbocycles. The van der Waals surface area contributed by atoms with Crippen molar-refractivity contribution in [3.63, 3.8) is 0 Å². The molecule has 0 spiro atoms. The molecule has 7 nitrogen and oxygen atoms in total. The zero-order valence-corrected chi connectivity index (χ0v) is 16.4. The maximum atomic E-state index is 13.0. The second-order valence-corrected chi connectivity index (χ2v) is 7.25. The molecule has 3 aromatic rings. The first-order valence-electron chi connectivity index (χ1n) is 9.73. The Morgan fingerprint density at radius 2 is 1.89 bits per heavy atom. The molecule has 7 heteroatoms. The third-order valence-corrected chi connectivity index (χ3v) is 5.50. The number of hydrogen-bond donors (Lipinski definition) is 1. The Hall–Kier alpha value is -2.93. The van der Waals surface area contributed by atoms with Gasteiger partial charge in [-0.3, -0.25) is 9.48 Å². The van der Waals surface area contributed by atoms with E-state index in [1.54, 1.807) is 17.1 Å². The Morgan fingerprint density at radius 3 is 2.64 bits per heavy atom. The summed E-state index contributed by atoms with van der Waals surface area (Å²) in [6.45, 7) is 4.38. The summed E-state index contributed by atoms with van der Waals surface area (Å²) in [4.78, 5) is 24.0. The maximum absolute atomic E-state index is 13.0. The highest BCUT2D eigenvalue weighted by Crippen LogP contribution is 2.16. The molecule has 1 aliphatic heterocycles. The fourth-order valence-electron chi connectivity index (χ4n) is 3.85. The summed E-state index contributed by atoms with van der Waals surface area (Å²) in [5, 5.41) is 3.59. The molecule has 2 aromatic heterocycles. The molecule has 0 aliphatic carbocycles. The zero-order chi connectivity index (χ0) is 19.5. The highest BCUT2D eigenvalue weighted by Gasteiger charge is 2.23. The molecule has 1 saturated heterocycles. The first kappa shape index (κ1) is 18.4. The van der Waals surface area contributed by atoms with E-state index in [0.717, 1.165) is 48.8 Å². The molecular formula is C21H26N6O. The Kier molecular flexibility index (Phi) is 5.25. The van der Waals surface area contributed by atoms with Gasteiger partial charge in [-0.05, 0) is 38.0 Å². The van der Waals surface area contributed by atoms with Crippen molar-refractivity contribution < 1.29 is 0 Å². The molecule has 4 rings (SSSR count). The maximum Gasteiger partial charge on any atom is 0.276 e. The van der Waals surface area contributed by atoms with Gasteiger partial charge in [-0.15, -0.1) is 0 Å². The van der Waals surface area contributed by atoms with E-state index in [-0.39, 0.29) is 5.56 Å². The molecule has 0 bridgehead atoms. The molecule has 1 atom stereocenters. The molecule has 28 heavy (non-hydrogen) atoms. The molecule has 3 heterocycles. The van der Waals surface area contributed by atoms with Crippen molar-refractivity contribution in [1.29, 1.82) is 0 Å². The quantitative estimate of drug-likeness (QED) is 0.736. The van der Waals surface area contributed by atoms with Crippen LogP contribution < -0.4 is 15.8 Å². The van der Waals surface area contributed by atoms with Crippen molar-refractivity contribution in [3.8, 4) is 5.69 Å². The van der Waals surface area contributed by atoms with Gasteiger partial charge in [0.2, 0.25) is 5.95 Å². The van der Waals surface area contributed by atoms with E-state index in [9.17, 15) is 4.79 Å². The monoisotopic (exact) mass is 378 g/mol. The number of hydrogen-bond acceptors (Lipinski definition) is 5. The summed E-state index contributed by atoms with van der Waals surface area (Å²) < 4.78 is 3.66. The van der Waals surface area contributed by atoms with Crippen molar-refractivity contribution in [1.82, 2.24) is 24.6 Å². The molecule has 0 unspecified atom stereocenters. The van der Waals surface area contributed by atoms with Crippen LogP contribution in [0.2, 0.25) is 0 Å². The molecule has 1 fully saturated rings. The molecule has 146 valence electrons. The van der Waals surface area contributed by atoms with E-state index < -0.39 is 0 Å². The van der Waals surface area contributed by atoms with Crippen LogP contribution in [0.5, 0.6) is 0 Å². The zero-order valence-electron chi connectivity index (χ0n) is 16.4. The van der Waals surface area contributed by atoms with E-state index in [4.69, 9.17) is 0 Å². The first-order chi connectivity index (χ1) is 13.6. The van der Waals surface area contributed by atoms with Gasteiger partial charge in [0.25, 0.3) is 5.56 Å². The van der Waals surface area contributed by atoms with Crippen LogP contribution in [-0.2, 0) is 13.6 Å². The standard InChI is InChI=1S/C21H26N6O/c1-16-19(20(28)27(25(16)2)18-9-4-3-5-10-18)14-24-17-8-6-13-26(15-17)21-22-11-7-12-23-21/h3-5,7,9-12,17,24H,6,8,13-15H2,1-2H3/t17-/m0/s1. The smallest absolute Gasteiger partial charge is 0.276 e. The van der Waals surface area contributed by atoms with Gasteiger partial charge in [-0.2, -0.15) is 0 Å². The van der Waals surface area contributed by atoms with Gasteiger partial charge in [-0.1, -0.05) is 18.2 Å². The summed E-state index contributed by atoms with van der Waals surface area (Å²) in [6, 6.07) is 11.9. The van der Waals surface area contributed by atoms with Crippen molar-refractivity contribution in [2.24, 2.45) is 7.05 Å². The summed E-state index contributed by atoms with van der Waals surface area (Å²) >= 11 is 0. The number of aromatic nitrogens is 4. The molecule has 1 aromatic carbocycles. The van der Waals surface area contributed by atoms with Crippen LogP contribution in [0.1, 0.15) is 24.1 Å². The van der Waals surface area contributed by atoms with Gasteiger partial charge in [-0.25, -0.2) is 14.6 Å². The lowest BCUT2D eigenvalue weighted by Crippen LogP contribution is -2.46. The highest BCUT2D eigenvalue weighted by atomic mass is 16.1. The largest absolute Gasteiger partial charge is 0.339 e. The number of nitrogens with zero attached hydrogens (tertiary/aromatic N) is 5. The van der Waals surface area contributed by atoms with Crippen LogP contribution in [0.4, 0.5) is 5.95 Å². The van der Waals surface area contributed by atoms with Crippen LogP contribution in [0.3, 0.4) is 0 Å². The second-order valence-electron chi connectivity index (χ2n) is 7.25. The minimum atomic E-state index is 0.0396. The molecule has 1 N–H and O–H groups in total. The average Bonchev–Trinajstić information content (AvgIpc) is 2.96.